The summed E-state index contributed by atoms with van der Waals surface area (Å²) in [6.07, 6.45) is 1.30. The number of likely N-dealkylation sites (N-methyl/N-ethyl adjacent to an activating group) is 1. The van der Waals surface area contributed by atoms with Gasteiger partial charge in [-0.05, 0) is 34.0 Å². The van der Waals surface area contributed by atoms with Gasteiger partial charge in [-0.1, -0.05) is 0 Å². The maximum atomic E-state index is 5.54. The van der Waals surface area contributed by atoms with Gasteiger partial charge in [-0.3, -0.25) is 0 Å². The molecule has 0 aromatic heterocycles. The fraction of sp³-hybridized carbons (Fsp3) is 0.833. The van der Waals surface area contributed by atoms with Gasteiger partial charge < -0.3 is 19.3 Å². The zero-order valence-corrected chi connectivity index (χ0v) is 10.9. The third-order valence-electron chi connectivity index (χ3n) is 3.15. The van der Waals surface area contributed by atoms with E-state index >= 15 is 0 Å². The van der Waals surface area contributed by atoms with E-state index in [1.54, 1.807) is 7.11 Å². The highest BCUT2D eigenvalue weighted by atomic mass is 16.5. The Hall–Kier alpha value is -0.740. The zero-order valence-electron chi connectivity index (χ0n) is 10.9. The molecule has 2 atom stereocenters. The second kappa shape index (κ2) is 6.11. The second-order valence-corrected chi connectivity index (χ2v) is 4.37. The van der Waals surface area contributed by atoms with Crippen molar-refractivity contribution in [2.75, 3.05) is 40.9 Å². The molecule has 0 spiro atoms. The van der Waals surface area contributed by atoms with E-state index in [1.807, 2.05) is 6.92 Å². The summed E-state index contributed by atoms with van der Waals surface area (Å²) in [7, 11) is 5.97. The molecule has 16 heavy (non-hydrogen) atoms. The molecule has 94 valence electrons. The highest BCUT2D eigenvalue weighted by Crippen LogP contribution is 2.20. The summed E-state index contributed by atoms with van der Waals surface area (Å²) in [4.78, 5) is 4.40. The van der Waals surface area contributed by atoms with Crippen LogP contribution >= 0.6 is 0 Å². The summed E-state index contributed by atoms with van der Waals surface area (Å²) in [6, 6.07) is 0.482. The van der Waals surface area contributed by atoms with Crippen LogP contribution in [0.5, 0.6) is 0 Å². The predicted octanol–water partition coefficient (Wildman–Crippen LogP) is 1.14. The number of ether oxygens (including phenoxy) is 2. The first-order chi connectivity index (χ1) is 7.60. The van der Waals surface area contributed by atoms with Crippen molar-refractivity contribution in [3.63, 3.8) is 0 Å². The average Bonchev–Trinajstić information content (AvgIpc) is 2.28. The first-order valence-electron chi connectivity index (χ1n) is 5.86. The number of piperidine rings is 1. The van der Waals surface area contributed by atoms with Crippen LogP contribution in [-0.4, -0.2) is 62.8 Å². The van der Waals surface area contributed by atoms with E-state index in [2.05, 4.69) is 30.5 Å². The smallest absolute Gasteiger partial charge is 0.181 e. The van der Waals surface area contributed by atoms with Gasteiger partial charge in [0.25, 0.3) is 0 Å². The molecule has 4 nitrogen and oxygen atoms in total. The molecule has 0 bridgehead atoms. The van der Waals surface area contributed by atoms with Crippen LogP contribution in [-0.2, 0) is 9.47 Å². The van der Waals surface area contributed by atoms with E-state index in [0.29, 0.717) is 12.6 Å². The minimum absolute atomic E-state index is 0.223. The largest absolute Gasteiger partial charge is 0.480 e. The van der Waals surface area contributed by atoms with Gasteiger partial charge >= 0.3 is 0 Å². The summed E-state index contributed by atoms with van der Waals surface area (Å²) >= 11 is 0. The lowest BCUT2D eigenvalue weighted by Crippen LogP contribution is -2.52. The van der Waals surface area contributed by atoms with Crippen LogP contribution in [0.2, 0.25) is 0 Å². The van der Waals surface area contributed by atoms with Crippen LogP contribution < -0.4 is 0 Å². The summed E-state index contributed by atoms with van der Waals surface area (Å²) in [5.41, 5.74) is 0. The minimum Gasteiger partial charge on any atom is -0.480 e. The maximum Gasteiger partial charge on any atom is 0.181 e. The van der Waals surface area contributed by atoms with Crippen molar-refractivity contribution < 1.29 is 9.47 Å². The van der Waals surface area contributed by atoms with Crippen LogP contribution in [0.3, 0.4) is 0 Å². The molecule has 0 saturated carbocycles. The molecule has 4 heteroatoms. The van der Waals surface area contributed by atoms with Crippen molar-refractivity contribution in [1.29, 1.82) is 0 Å². The molecule has 2 unspecified atom stereocenters. The lowest BCUT2D eigenvalue weighted by atomic mass is 10.0. The molecular formula is C12H24N2O2. The number of methoxy groups -OCH3 is 1. The zero-order chi connectivity index (χ0) is 12.1. The lowest BCUT2D eigenvalue weighted by Gasteiger charge is -2.41. The van der Waals surface area contributed by atoms with E-state index in [9.17, 15) is 0 Å². The number of rotatable bonds is 5. The van der Waals surface area contributed by atoms with Crippen LogP contribution in [0, 0.1) is 0 Å². The van der Waals surface area contributed by atoms with Gasteiger partial charge in [0.15, 0.2) is 5.88 Å². The summed E-state index contributed by atoms with van der Waals surface area (Å²) in [5, 5.41) is 0. The molecule has 0 aliphatic carbocycles. The number of hydrogen-bond acceptors (Lipinski definition) is 4. The van der Waals surface area contributed by atoms with Crippen molar-refractivity contribution in [2.24, 2.45) is 0 Å². The molecule has 1 aliphatic heterocycles. The van der Waals surface area contributed by atoms with E-state index < -0.39 is 0 Å². The fourth-order valence-electron chi connectivity index (χ4n) is 2.21. The first-order valence-corrected chi connectivity index (χ1v) is 5.86. The molecule has 0 radical (unpaired) electrons. The number of hydrogen-bond donors (Lipinski definition) is 0. The molecule has 1 rings (SSSR count). The van der Waals surface area contributed by atoms with Gasteiger partial charge in [0.05, 0.1) is 12.7 Å². The van der Waals surface area contributed by atoms with Crippen LogP contribution in [0.4, 0.5) is 0 Å². The maximum absolute atomic E-state index is 5.54. The van der Waals surface area contributed by atoms with Gasteiger partial charge in [0.1, 0.15) is 0 Å². The van der Waals surface area contributed by atoms with Gasteiger partial charge in [0.2, 0.25) is 0 Å². The monoisotopic (exact) mass is 228 g/mol. The van der Waals surface area contributed by atoms with Crippen LogP contribution in [0.1, 0.15) is 13.3 Å². The van der Waals surface area contributed by atoms with Crippen molar-refractivity contribution in [3.05, 3.63) is 12.5 Å². The van der Waals surface area contributed by atoms with Crippen molar-refractivity contribution in [3.8, 4) is 0 Å². The Balaban J connectivity index is 2.55. The van der Waals surface area contributed by atoms with Crippen molar-refractivity contribution >= 4 is 0 Å². The second-order valence-electron chi connectivity index (χ2n) is 4.37. The molecule has 0 amide bonds. The van der Waals surface area contributed by atoms with E-state index in [4.69, 9.17) is 9.47 Å². The first kappa shape index (κ1) is 13.3. The Labute approximate surface area is 98.8 Å². The third kappa shape index (κ3) is 3.12. The van der Waals surface area contributed by atoms with E-state index in [-0.39, 0.29) is 6.10 Å². The van der Waals surface area contributed by atoms with Crippen molar-refractivity contribution in [1.82, 2.24) is 9.80 Å². The summed E-state index contributed by atoms with van der Waals surface area (Å²) < 4.78 is 11.0. The van der Waals surface area contributed by atoms with Crippen LogP contribution in [0.25, 0.3) is 0 Å². The molecule has 1 aliphatic rings. The normalized spacial score (nSPS) is 25.9. The Kier molecular flexibility index (Phi) is 5.09. The van der Waals surface area contributed by atoms with Crippen molar-refractivity contribution in [2.45, 2.75) is 25.5 Å². The molecule has 0 aromatic carbocycles. The predicted molar refractivity (Wildman–Crippen MR) is 65.2 cm³/mol. The molecular weight excluding hydrogens is 204 g/mol. The van der Waals surface area contributed by atoms with Crippen LogP contribution in [0.15, 0.2) is 12.5 Å². The average molecular weight is 228 g/mol. The summed E-state index contributed by atoms with van der Waals surface area (Å²) in [6.45, 7) is 8.44. The quantitative estimate of drug-likeness (QED) is 0.659. The minimum atomic E-state index is 0.223. The number of nitrogens with zero attached hydrogens (tertiary/aromatic N) is 2. The number of likely N-dealkylation sites (tertiary alicyclic amines) is 1. The fourth-order valence-corrected chi connectivity index (χ4v) is 2.21. The van der Waals surface area contributed by atoms with Gasteiger partial charge in [-0.15, -0.1) is 0 Å². The van der Waals surface area contributed by atoms with Gasteiger partial charge in [-0.2, -0.15) is 0 Å². The molecule has 1 heterocycles. The highest BCUT2D eigenvalue weighted by molar-refractivity contribution is 4.93. The van der Waals surface area contributed by atoms with E-state index in [0.717, 1.165) is 25.4 Å². The summed E-state index contributed by atoms with van der Waals surface area (Å²) in [5.74, 6) is 0.766. The SMILES string of the molecule is C=C(OCC)N1CCC(N(C)C)C(OC)C1. The van der Waals surface area contributed by atoms with Gasteiger partial charge in [-0.25, -0.2) is 0 Å². The van der Waals surface area contributed by atoms with E-state index in [1.165, 1.54) is 0 Å². The Morgan fingerprint density at radius 3 is 2.69 bits per heavy atom. The lowest BCUT2D eigenvalue weighted by molar-refractivity contribution is -0.0321. The Morgan fingerprint density at radius 2 is 2.19 bits per heavy atom. The van der Waals surface area contributed by atoms with Gasteiger partial charge in [0, 0.05) is 26.2 Å². The standard InChI is InChI=1S/C12H24N2O2/c1-6-16-10(2)14-8-7-11(13(3)4)12(9-14)15-5/h11-12H,2,6-9H2,1,3-5H3. The molecule has 1 saturated heterocycles. The molecule has 1 fully saturated rings. The molecule has 0 N–H and O–H groups in total. The third-order valence-corrected chi connectivity index (χ3v) is 3.15. The highest BCUT2D eigenvalue weighted by Gasteiger charge is 2.31. The Bertz CT molecular complexity index is 231. The Morgan fingerprint density at radius 1 is 1.50 bits per heavy atom. The topological polar surface area (TPSA) is 24.9 Å². The molecule has 0 aromatic rings.